The van der Waals surface area contributed by atoms with Gasteiger partial charge < -0.3 is 4.42 Å². The largest absolute Gasteiger partial charge is 0.415 e. The molecule has 4 heterocycles. The number of nitrogens with zero attached hydrogens (tertiary/aromatic N) is 5. The van der Waals surface area contributed by atoms with Crippen LogP contribution in [-0.2, 0) is 0 Å². The fraction of sp³-hybridized carbons (Fsp3) is 0.0526. The van der Waals surface area contributed by atoms with Crippen LogP contribution in [0.3, 0.4) is 0 Å². The summed E-state index contributed by atoms with van der Waals surface area (Å²) < 4.78 is 34.2. The molecule has 0 radical (unpaired) electrons. The van der Waals surface area contributed by atoms with Gasteiger partial charge in [-0.1, -0.05) is 36.4 Å². The molecular formula is C19H11F2N5OS. The van der Waals surface area contributed by atoms with Crippen LogP contribution in [-0.4, -0.2) is 24.8 Å². The molecule has 0 aliphatic heterocycles. The van der Waals surface area contributed by atoms with Gasteiger partial charge in [-0.3, -0.25) is 0 Å². The van der Waals surface area contributed by atoms with Crippen LogP contribution in [0.1, 0.15) is 12.1 Å². The second-order valence-electron chi connectivity index (χ2n) is 5.92. The van der Waals surface area contributed by atoms with Gasteiger partial charge in [0.2, 0.25) is 0 Å². The molecule has 9 heteroatoms. The zero-order valence-corrected chi connectivity index (χ0v) is 15.0. The molecular weight excluding hydrogens is 384 g/mol. The Morgan fingerprint density at radius 1 is 1.00 bits per heavy atom. The van der Waals surface area contributed by atoms with Crippen LogP contribution in [0.15, 0.2) is 64.5 Å². The van der Waals surface area contributed by atoms with Crippen molar-refractivity contribution in [2.24, 2.45) is 0 Å². The van der Waals surface area contributed by atoms with Gasteiger partial charge in [0.05, 0.1) is 16.8 Å². The maximum atomic E-state index is 13.7. The summed E-state index contributed by atoms with van der Waals surface area (Å²) in [6, 6.07) is 14.2. The highest BCUT2D eigenvalue weighted by Crippen LogP contribution is 2.32. The van der Waals surface area contributed by atoms with Crippen LogP contribution in [0, 0.1) is 0 Å². The summed E-state index contributed by atoms with van der Waals surface area (Å²) in [6.07, 6.45) is -1.31. The summed E-state index contributed by atoms with van der Waals surface area (Å²) in [6.45, 7) is 0. The van der Waals surface area contributed by atoms with E-state index >= 15 is 0 Å². The minimum absolute atomic E-state index is 0.177. The molecule has 0 fully saturated rings. The van der Waals surface area contributed by atoms with E-state index in [4.69, 9.17) is 4.42 Å². The van der Waals surface area contributed by atoms with Gasteiger partial charge in [-0.15, -0.1) is 21.5 Å². The smallest absolute Gasteiger partial charge is 0.280 e. The van der Waals surface area contributed by atoms with Crippen LogP contribution in [0.4, 0.5) is 8.78 Å². The summed E-state index contributed by atoms with van der Waals surface area (Å²) in [5.41, 5.74) is 1.52. The maximum Gasteiger partial charge on any atom is 0.280 e. The number of aromatic nitrogens is 5. The summed E-state index contributed by atoms with van der Waals surface area (Å²) in [5, 5.41) is 14.1. The van der Waals surface area contributed by atoms with Gasteiger partial charge in [0.15, 0.2) is 5.65 Å². The van der Waals surface area contributed by atoms with E-state index in [1.165, 1.54) is 23.6 Å². The molecule has 138 valence electrons. The van der Waals surface area contributed by atoms with Gasteiger partial charge in [0.25, 0.3) is 18.2 Å². The first-order valence-corrected chi connectivity index (χ1v) is 9.18. The third-order valence-electron chi connectivity index (χ3n) is 4.18. The zero-order valence-electron chi connectivity index (χ0n) is 14.2. The van der Waals surface area contributed by atoms with Crippen molar-refractivity contribution in [3.05, 3.63) is 65.8 Å². The lowest BCUT2D eigenvalue weighted by Crippen LogP contribution is -2.02. The van der Waals surface area contributed by atoms with Crippen LogP contribution >= 0.6 is 11.3 Å². The monoisotopic (exact) mass is 395 g/mol. The van der Waals surface area contributed by atoms with Crippen molar-refractivity contribution in [3.63, 3.8) is 0 Å². The molecule has 6 nitrogen and oxygen atoms in total. The third-order valence-corrected chi connectivity index (χ3v) is 5.04. The van der Waals surface area contributed by atoms with Crippen molar-refractivity contribution in [1.82, 2.24) is 24.8 Å². The van der Waals surface area contributed by atoms with E-state index in [-0.39, 0.29) is 17.2 Å². The summed E-state index contributed by atoms with van der Waals surface area (Å²) in [7, 11) is 0. The summed E-state index contributed by atoms with van der Waals surface area (Å²) in [5.74, 6) is 0.536. The lowest BCUT2D eigenvalue weighted by Gasteiger charge is -2.08. The molecule has 0 aliphatic carbocycles. The van der Waals surface area contributed by atoms with Crippen molar-refractivity contribution >= 4 is 17.0 Å². The molecule has 5 aromatic rings. The molecule has 0 spiro atoms. The van der Waals surface area contributed by atoms with Crippen molar-refractivity contribution in [3.8, 4) is 33.5 Å². The first-order valence-electron chi connectivity index (χ1n) is 8.31. The average Bonchev–Trinajstić information content (AvgIpc) is 3.46. The van der Waals surface area contributed by atoms with Gasteiger partial charge in [-0.05, 0) is 17.5 Å². The average molecular weight is 395 g/mol. The molecule has 4 aromatic heterocycles. The number of benzene rings is 1. The second kappa shape index (κ2) is 6.61. The van der Waals surface area contributed by atoms with Crippen LogP contribution in [0.2, 0.25) is 0 Å². The third kappa shape index (κ3) is 2.76. The highest BCUT2D eigenvalue weighted by atomic mass is 32.1. The van der Waals surface area contributed by atoms with E-state index in [0.29, 0.717) is 17.1 Å². The quantitative estimate of drug-likeness (QED) is 0.423. The minimum Gasteiger partial charge on any atom is -0.415 e. The number of hydrogen-bond acceptors (Lipinski definition) is 6. The van der Waals surface area contributed by atoms with Gasteiger partial charge >= 0.3 is 0 Å². The van der Waals surface area contributed by atoms with E-state index in [9.17, 15) is 8.78 Å². The highest BCUT2D eigenvalue weighted by molar-refractivity contribution is 7.13. The standard InChI is InChI=1S/C19H11F2N5OS/c20-16(21)14-9-13(11-5-2-1-3-6-11)23-17-12(10-22-26(14)17)18-24-25-19(27-18)15-7-4-8-28-15/h1-10,16H. The lowest BCUT2D eigenvalue weighted by atomic mass is 10.1. The zero-order chi connectivity index (χ0) is 19.1. The molecule has 5 rings (SSSR count). The van der Waals surface area contributed by atoms with Crippen LogP contribution < -0.4 is 0 Å². The molecule has 0 N–H and O–H groups in total. The van der Waals surface area contributed by atoms with Crippen molar-refractivity contribution in [2.45, 2.75) is 6.43 Å². The minimum atomic E-state index is -2.72. The topological polar surface area (TPSA) is 69.1 Å². The first-order chi connectivity index (χ1) is 13.7. The Morgan fingerprint density at radius 3 is 2.57 bits per heavy atom. The van der Waals surface area contributed by atoms with Gasteiger partial charge in [-0.2, -0.15) is 5.10 Å². The predicted molar refractivity (Wildman–Crippen MR) is 100.0 cm³/mol. The first kappa shape index (κ1) is 16.7. The van der Waals surface area contributed by atoms with E-state index < -0.39 is 6.43 Å². The normalized spacial score (nSPS) is 11.5. The summed E-state index contributed by atoms with van der Waals surface area (Å²) >= 11 is 1.46. The van der Waals surface area contributed by atoms with Crippen LogP contribution in [0.25, 0.3) is 39.1 Å². The SMILES string of the molecule is FC(F)c1cc(-c2ccccc2)nc2c(-c3nnc(-c4cccs4)o3)cnn12. The highest BCUT2D eigenvalue weighted by Gasteiger charge is 2.22. The van der Waals surface area contributed by atoms with Gasteiger partial charge in [-0.25, -0.2) is 18.3 Å². The van der Waals surface area contributed by atoms with E-state index in [2.05, 4.69) is 20.3 Å². The van der Waals surface area contributed by atoms with Gasteiger partial charge in [0, 0.05) is 5.56 Å². The fourth-order valence-electron chi connectivity index (χ4n) is 2.88. The molecule has 1 aromatic carbocycles. The number of halogens is 2. The molecule has 0 saturated carbocycles. The Labute approximate surface area is 161 Å². The molecule has 0 amide bonds. The van der Waals surface area contributed by atoms with Crippen molar-refractivity contribution in [2.75, 3.05) is 0 Å². The number of thiophene rings is 1. The van der Waals surface area contributed by atoms with Crippen molar-refractivity contribution < 1.29 is 13.2 Å². The number of hydrogen-bond donors (Lipinski definition) is 0. The fourth-order valence-corrected chi connectivity index (χ4v) is 3.53. The molecule has 0 saturated heterocycles. The Balaban J connectivity index is 1.69. The van der Waals surface area contributed by atoms with Gasteiger partial charge in [0.1, 0.15) is 11.3 Å². The Bertz CT molecular complexity index is 1250. The second-order valence-corrected chi connectivity index (χ2v) is 6.86. The Hall–Kier alpha value is -3.46. The number of fused-ring (bicyclic) bond motifs is 1. The molecule has 28 heavy (non-hydrogen) atoms. The number of alkyl halides is 2. The summed E-state index contributed by atoms with van der Waals surface area (Å²) in [4.78, 5) is 5.36. The van der Waals surface area contributed by atoms with Crippen molar-refractivity contribution in [1.29, 1.82) is 0 Å². The molecule has 0 atom stereocenters. The van der Waals surface area contributed by atoms with E-state index in [1.807, 2.05) is 47.8 Å². The van der Waals surface area contributed by atoms with E-state index in [1.54, 1.807) is 0 Å². The predicted octanol–water partition coefficient (Wildman–Crippen LogP) is 5.11. The Kier molecular flexibility index (Phi) is 3.94. The Morgan fingerprint density at radius 2 is 1.82 bits per heavy atom. The lowest BCUT2D eigenvalue weighted by molar-refractivity contribution is 0.143. The molecule has 0 aliphatic rings. The maximum absolute atomic E-state index is 13.7. The van der Waals surface area contributed by atoms with E-state index in [0.717, 1.165) is 15.0 Å². The van der Waals surface area contributed by atoms with Crippen LogP contribution in [0.5, 0.6) is 0 Å². The number of rotatable bonds is 4. The molecule has 0 unspecified atom stereocenters. The molecule has 0 bridgehead atoms.